The molecule has 4 nitrogen and oxygen atoms in total. The van der Waals surface area contributed by atoms with Crippen LogP contribution in [0, 0.1) is 11.8 Å². The number of nitrogens with one attached hydrogen (secondary N) is 1. The van der Waals surface area contributed by atoms with Crippen molar-refractivity contribution in [3.63, 3.8) is 0 Å². The fraction of sp³-hybridized carbons (Fsp3) is 1.00. The van der Waals surface area contributed by atoms with E-state index in [2.05, 4.69) is 10.2 Å². The Kier molecular flexibility index (Phi) is 3.61. The Bertz CT molecular complexity index is 213. The van der Waals surface area contributed by atoms with Crippen LogP contribution >= 0.6 is 0 Å². The van der Waals surface area contributed by atoms with Crippen molar-refractivity contribution in [1.29, 1.82) is 0 Å². The van der Waals surface area contributed by atoms with E-state index in [1.807, 2.05) is 7.05 Å². The number of likely N-dealkylation sites (tertiary alicyclic amines) is 1. The molecule has 2 saturated heterocycles. The largest absolute Gasteiger partial charge is 0.392 e. The Hall–Kier alpha value is -0.160. The molecule has 15 heavy (non-hydrogen) atoms. The summed E-state index contributed by atoms with van der Waals surface area (Å²) in [5.41, 5.74) is 0. The predicted molar refractivity (Wildman–Crippen MR) is 58.6 cm³/mol. The number of likely N-dealkylation sites (N-methyl/N-ethyl adjacent to an activating group) is 1. The van der Waals surface area contributed by atoms with Gasteiger partial charge < -0.3 is 20.4 Å². The average molecular weight is 214 g/mol. The van der Waals surface area contributed by atoms with Gasteiger partial charge in [-0.1, -0.05) is 0 Å². The lowest BCUT2D eigenvalue weighted by Gasteiger charge is -2.41. The van der Waals surface area contributed by atoms with Crippen LogP contribution in [0.4, 0.5) is 0 Å². The van der Waals surface area contributed by atoms with Crippen LogP contribution in [0.5, 0.6) is 0 Å². The molecular weight excluding hydrogens is 192 g/mol. The number of rotatable bonds is 1. The zero-order valence-electron chi connectivity index (χ0n) is 9.39. The van der Waals surface area contributed by atoms with Crippen LogP contribution in [0.3, 0.4) is 0 Å². The molecule has 0 aromatic carbocycles. The first kappa shape index (κ1) is 11.3. The summed E-state index contributed by atoms with van der Waals surface area (Å²) in [6.07, 6.45) is 1.47. The lowest BCUT2D eigenvalue weighted by molar-refractivity contribution is -0.0429. The summed E-state index contributed by atoms with van der Waals surface area (Å²) in [5, 5.41) is 23.1. The normalized spacial score (nSPS) is 44.2. The SMILES string of the molecule is CN1CCC(C2CCNCC2O)C(O)C1. The van der Waals surface area contributed by atoms with E-state index in [-0.39, 0.29) is 18.1 Å². The van der Waals surface area contributed by atoms with E-state index in [0.717, 1.165) is 32.5 Å². The molecule has 2 aliphatic heterocycles. The molecule has 4 atom stereocenters. The molecule has 2 rings (SSSR count). The second-order valence-electron chi connectivity index (χ2n) is 5.01. The molecule has 0 bridgehead atoms. The van der Waals surface area contributed by atoms with E-state index in [4.69, 9.17) is 0 Å². The van der Waals surface area contributed by atoms with Gasteiger partial charge in [-0.2, -0.15) is 0 Å². The standard InChI is InChI=1S/C11H22N2O2/c1-13-5-3-9(11(15)7-13)8-2-4-12-6-10(8)14/h8-12,14-15H,2-7H2,1H3. The maximum absolute atomic E-state index is 10.0. The Labute approximate surface area is 91.3 Å². The number of hydrogen-bond acceptors (Lipinski definition) is 4. The van der Waals surface area contributed by atoms with Crippen LogP contribution in [0.2, 0.25) is 0 Å². The van der Waals surface area contributed by atoms with Crippen molar-refractivity contribution in [2.75, 3.05) is 33.2 Å². The van der Waals surface area contributed by atoms with Gasteiger partial charge in [-0.05, 0) is 44.8 Å². The number of nitrogens with zero attached hydrogens (tertiary/aromatic N) is 1. The van der Waals surface area contributed by atoms with Crippen LogP contribution in [0.1, 0.15) is 12.8 Å². The first-order chi connectivity index (χ1) is 7.18. The van der Waals surface area contributed by atoms with E-state index in [0.29, 0.717) is 12.5 Å². The number of β-amino-alcohol motifs (C(OH)–C–C–N with tert-alkyl or cyclic N) is 2. The monoisotopic (exact) mass is 214 g/mol. The molecule has 2 heterocycles. The molecule has 0 spiro atoms. The first-order valence-corrected chi connectivity index (χ1v) is 5.94. The quantitative estimate of drug-likeness (QED) is 0.539. The van der Waals surface area contributed by atoms with E-state index in [1.165, 1.54) is 0 Å². The van der Waals surface area contributed by atoms with Gasteiger partial charge in [-0.3, -0.25) is 0 Å². The Balaban J connectivity index is 1.96. The Morgan fingerprint density at radius 2 is 1.87 bits per heavy atom. The number of hydrogen-bond donors (Lipinski definition) is 3. The highest BCUT2D eigenvalue weighted by Gasteiger charge is 2.37. The minimum absolute atomic E-state index is 0.263. The van der Waals surface area contributed by atoms with Crippen molar-refractivity contribution in [3.8, 4) is 0 Å². The molecule has 0 aromatic heterocycles. The second-order valence-corrected chi connectivity index (χ2v) is 5.01. The minimum atomic E-state index is -0.276. The van der Waals surface area contributed by atoms with Gasteiger partial charge in [0.25, 0.3) is 0 Å². The van der Waals surface area contributed by atoms with E-state index < -0.39 is 0 Å². The van der Waals surface area contributed by atoms with E-state index in [1.54, 1.807) is 0 Å². The van der Waals surface area contributed by atoms with Crippen LogP contribution in [-0.2, 0) is 0 Å². The highest BCUT2D eigenvalue weighted by Crippen LogP contribution is 2.30. The highest BCUT2D eigenvalue weighted by molar-refractivity contribution is 4.89. The van der Waals surface area contributed by atoms with Gasteiger partial charge in [0.05, 0.1) is 12.2 Å². The molecule has 2 aliphatic rings. The molecule has 0 saturated carbocycles. The van der Waals surface area contributed by atoms with Crippen LogP contribution in [0.25, 0.3) is 0 Å². The van der Waals surface area contributed by atoms with Crippen LogP contribution < -0.4 is 5.32 Å². The summed E-state index contributed by atoms with van der Waals surface area (Å²) >= 11 is 0. The van der Waals surface area contributed by atoms with Crippen molar-refractivity contribution in [2.45, 2.75) is 25.0 Å². The van der Waals surface area contributed by atoms with Crippen molar-refractivity contribution >= 4 is 0 Å². The smallest absolute Gasteiger partial charge is 0.0699 e. The van der Waals surface area contributed by atoms with Gasteiger partial charge in [0.2, 0.25) is 0 Å². The molecule has 0 aromatic rings. The van der Waals surface area contributed by atoms with E-state index in [9.17, 15) is 10.2 Å². The number of piperidine rings is 2. The molecule has 0 aliphatic carbocycles. The lowest BCUT2D eigenvalue weighted by atomic mass is 9.76. The summed E-state index contributed by atoms with van der Waals surface area (Å²) in [7, 11) is 2.04. The lowest BCUT2D eigenvalue weighted by Crippen LogP contribution is -2.51. The fourth-order valence-corrected chi connectivity index (χ4v) is 2.97. The summed E-state index contributed by atoms with van der Waals surface area (Å²) in [6, 6.07) is 0. The van der Waals surface area contributed by atoms with Gasteiger partial charge in [-0.15, -0.1) is 0 Å². The molecule has 2 fully saturated rings. The van der Waals surface area contributed by atoms with E-state index >= 15 is 0 Å². The van der Waals surface area contributed by atoms with Gasteiger partial charge in [0.15, 0.2) is 0 Å². The maximum Gasteiger partial charge on any atom is 0.0699 e. The summed E-state index contributed by atoms with van der Waals surface area (Å²) in [5.74, 6) is 0.577. The molecular formula is C11H22N2O2. The summed E-state index contributed by atoms with van der Waals surface area (Å²) in [4.78, 5) is 2.16. The van der Waals surface area contributed by atoms with Crippen LogP contribution in [-0.4, -0.2) is 60.5 Å². The highest BCUT2D eigenvalue weighted by atomic mass is 16.3. The first-order valence-electron chi connectivity index (χ1n) is 5.94. The summed E-state index contributed by atoms with van der Waals surface area (Å²) < 4.78 is 0. The van der Waals surface area contributed by atoms with Crippen LogP contribution in [0.15, 0.2) is 0 Å². The zero-order chi connectivity index (χ0) is 10.8. The van der Waals surface area contributed by atoms with Gasteiger partial charge >= 0.3 is 0 Å². The van der Waals surface area contributed by atoms with Crippen molar-refractivity contribution in [2.24, 2.45) is 11.8 Å². The molecule has 4 heteroatoms. The summed E-state index contributed by atoms with van der Waals surface area (Å²) in [6.45, 7) is 3.45. The Morgan fingerprint density at radius 3 is 2.53 bits per heavy atom. The van der Waals surface area contributed by atoms with Gasteiger partial charge in [0, 0.05) is 13.1 Å². The molecule has 3 N–H and O–H groups in total. The van der Waals surface area contributed by atoms with Crippen molar-refractivity contribution in [1.82, 2.24) is 10.2 Å². The van der Waals surface area contributed by atoms with Crippen molar-refractivity contribution < 1.29 is 10.2 Å². The predicted octanol–water partition coefficient (Wildman–Crippen LogP) is -0.731. The second kappa shape index (κ2) is 4.78. The average Bonchev–Trinajstić information content (AvgIpc) is 2.20. The fourth-order valence-electron chi connectivity index (χ4n) is 2.97. The third-order valence-electron chi connectivity index (χ3n) is 3.89. The number of aliphatic hydroxyl groups excluding tert-OH is 2. The minimum Gasteiger partial charge on any atom is -0.392 e. The van der Waals surface area contributed by atoms with Gasteiger partial charge in [-0.25, -0.2) is 0 Å². The van der Waals surface area contributed by atoms with Crippen molar-refractivity contribution in [3.05, 3.63) is 0 Å². The molecule has 0 radical (unpaired) electrons. The third kappa shape index (κ3) is 2.50. The maximum atomic E-state index is 10.0. The molecule has 4 unspecified atom stereocenters. The van der Waals surface area contributed by atoms with Gasteiger partial charge in [0.1, 0.15) is 0 Å². The molecule has 0 amide bonds. The zero-order valence-corrected chi connectivity index (χ0v) is 9.39. The molecule has 88 valence electrons. The number of aliphatic hydroxyl groups is 2. The Morgan fingerprint density at radius 1 is 1.13 bits per heavy atom. The third-order valence-corrected chi connectivity index (χ3v) is 3.89. The topological polar surface area (TPSA) is 55.7 Å².